The first kappa shape index (κ1) is 15.3. The zero-order chi connectivity index (χ0) is 14.5. The summed E-state index contributed by atoms with van der Waals surface area (Å²) in [7, 11) is 1.62. The first-order valence-corrected chi connectivity index (χ1v) is 7.45. The molecule has 2 rings (SSSR count). The van der Waals surface area contributed by atoms with Gasteiger partial charge < -0.3 is 15.8 Å². The molecule has 0 aromatic heterocycles. The molecular weight excluding hydrogens is 255 g/mol. The molecule has 3 atom stereocenters. The fourth-order valence-electron chi connectivity index (χ4n) is 3.16. The molecule has 0 bridgehead atoms. The summed E-state index contributed by atoms with van der Waals surface area (Å²) in [6, 6.07) is 5.13. The van der Waals surface area contributed by atoms with Crippen LogP contribution in [-0.4, -0.2) is 19.7 Å². The zero-order valence-corrected chi connectivity index (χ0v) is 12.4. The topological polar surface area (TPSA) is 47.3 Å². The zero-order valence-electron chi connectivity index (χ0n) is 12.4. The molecule has 1 aliphatic carbocycles. The van der Waals surface area contributed by atoms with Gasteiger partial charge in [0.2, 0.25) is 0 Å². The van der Waals surface area contributed by atoms with Gasteiger partial charge in [-0.3, -0.25) is 0 Å². The third kappa shape index (κ3) is 3.49. The average Bonchev–Trinajstić information content (AvgIpc) is 2.47. The maximum atomic E-state index is 13.5. The summed E-state index contributed by atoms with van der Waals surface area (Å²) in [4.78, 5) is 0. The lowest BCUT2D eigenvalue weighted by Gasteiger charge is -2.34. The number of methoxy groups -OCH3 is 1. The highest BCUT2D eigenvalue weighted by atomic mass is 19.1. The molecule has 1 saturated carbocycles. The van der Waals surface area contributed by atoms with Crippen molar-refractivity contribution in [3.05, 3.63) is 29.6 Å². The molecule has 3 nitrogen and oxygen atoms in total. The molecule has 4 heteroatoms. The Kier molecular flexibility index (Phi) is 5.38. The molecule has 0 spiro atoms. The number of ether oxygens (including phenoxy) is 1. The molecule has 0 aliphatic heterocycles. The number of hydrogen-bond acceptors (Lipinski definition) is 3. The standard InChI is InChI=1S/C16H25FN2O/c1-11(14-9-13(17)7-8-16(14)20-2)19-15-6-4-3-5-12(15)10-18/h7-9,11-12,15,19H,3-6,10,18H2,1-2H3. The number of nitrogens with one attached hydrogen (secondary N) is 1. The van der Waals surface area contributed by atoms with Gasteiger partial charge in [-0.25, -0.2) is 4.39 Å². The number of benzene rings is 1. The van der Waals surface area contributed by atoms with Crippen LogP contribution in [-0.2, 0) is 0 Å². The average molecular weight is 280 g/mol. The molecule has 3 unspecified atom stereocenters. The summed E-state index contributed by atoms with van der Waals surface area (Å²) < 4.78 is 18.8. The second-order valence-corrected chi connectivity index (χ2v) is 5.66. The van der Waals surface area contributed by atoms with Gasteiger partial charge in [0.1, 0.15) is 11.6 Å². The quantitative estimate of drug-likeness (QED) is 0.871. The fourth-order valence-corrected chi connectivity index (χ4v) is 3.16. The molecule has 1 fully saturated rings. The van der Waals surface area contributed by atoms with Crippen LogP contribution in [0.5, 0.6) is 5.75 Å². The number of halogens is 1. The maximum Gasteiger partial charge on any atom is 0.123 e. The van der Waals surface area contributed by atoms with Crippen molar-refractivity contribution in [1.82, 2.24) is 5.32 Å². The molecule has 0 radical (unpaired) electrons. The Balaban J connectivity index is 2.10. The van der Waals surface area contributed by atoms with Crippen molar-refractivity contribution in [3.63, 3.8) is 0 Å². The highest BCUT2D eigenvalue weighted by molar-refractivity contribution is 5.36. The van der Waals surface area contributed by atoms with Crippen LogP contribution in [0, 0.1) is 11.7 Å². The van der Waals surface area contributed by atoms with Gasteiger partial charge in [0.15, 0.2) is 0 Å². The Bertz CT molecular complexity index is 438. The molecule has 0 heterocycles. The molecular formula is C16H25FN2O. The van der Waals surface area contributed by atoms with E-state index in [0.29, 0.717) is 18.5 Å². The van der Waals surface area contributed by atoms with Gasteiger partial charge in [-0.05, 0) is 50.4 Å². The van der Waals surface area contributed by atoms with Gasteiger partial charge in [-0.1, -0.05) is 12.8 Å². The largest absolute Gasteiger partial charge is 0.496 e. The van der Waals surface area contributed by atoms with Gasteiger partial charge >= 0.3 is 0 Å². The first-order chi connectivity index (χ1) is 9.65. The van der Waals surface area contributed by atoms with E-state index in [1.807, 2.05) is 0 Å². The second kappa shape index (κ2) is 7.04. The van der Waals surface area contributed by atoms with Gasteiger partial charge in [0.25, 0.3) is 0 Å². The van der Waals surface area contributed by atoms with Crippen molar-refractivity contribution in [2.75, 3.05) is 13.7 Å². The van der Waals surface area contributed by atoms with E-state index in [1.54, 1.807) is 19.2 Å². The van der Waals surface area contributed by atoms with Gasteiger partial charge in [-0.15, -0.1) is 0 Å². The minimum absolute atomic E-state index is 0.0535. The molecule has 20 heavy (non-hydrogen) atoms. The number of rotatable bonds is 5. The normalized spacial score (nSPS) is 24.4. The summed E-state index contributed by atoms with van der Waals surface area (Å²) in [6.07, 6.45) is 4.82. The Morgan fingerprint density at radius 2 is 2.15 bits per heavy atom. The summed E-state index contributed by atoms with van der Waals surface area (Å²) in [5, 5.41) is 3.61. The van der Waals surface area contributed by atoms with E-state index < -0.39 is 0 Å². The predicted molar refractivity (Wildman–Crippen MR) is 79.3 cm³/mol. The van der Waals surface area contributed by atoms with E-state index in [1.165, 1.54) is 25.3 Å². The van der Waals surface area contributed by atoms with Gasteiger partial charge in [0, 0.05) is 17.6 Å². The van der Waals surface area contributed by atoms with Crippen molar-refractivity contribution in [1.29, 1.82) is 0 Å². The summed E-state index contributed by atoms with van der Waals surface area (Å²) in [5.74, 6) is 1.02. The molecule has 1 aromatic rings. The molecule has 0 saturated heterocycles. The maximum absolute atomic E-state index is 13.5. The van der Waals surface area contributed by atoms with Crippen LogP contribution in [0.2, 0.25) is 0 Å². The van der Waals surface area contributed by atoms with Crippen molar-refractivity contribution >= 4 is 0 Å². The van der Waals surface area contributed by atoms with Crippen LogP contribution < -0.4 is 15.8 Å². The third-order valence-electron chi connectivity index (χ3n) is 4.33. The Hall–Kier alpha value is -1.13. The smallest absolute Gasteiger partial charge is 0.123 e. The molecule has 0 amide bonds. The Labute approximate surface area is 120 Å². The minimum atomic E-state index is -0.228. The fraction of sp³-hybridized carbons (Fsp3) is 0.625. The highest BCUT2D eigenvalue weighted by Gasteiger charge is 2.26. The van der Waals surface area contributed by atoms with Crippen LogP contribution in [0.3, 0.4) is 0 Å². The van der Waals surface area contributed by atoms with E-state index in [-0.39, 0.29) is 11.9 Å². The van der Waals surface area contributed by atoms with Gasteiger partial charge in [0.05, 0.1) is 7.11 Å². The lowest BCUT2D eigenvalue weighted by molar-refractivity contribution is 0.250. The van der Waals surface area contributed by atoms with Crippen molar-refractivity contribution in [2.24, 2.45) is 11.7 Å². The predicted octanol–water partition coefficient (Wildman–Crippen LogP) is 3.00. The molecule has 3 N–H and O–H groups in total. The monoisotopic (exact) mass is 280 g/mol. The summed E-state index contributed by atoms with van der Waals surface area (Å²) in [6.45, 7) is 2.77. The van der Waals surface area contributed by atoms with Crippen molar-refractivity contribution in [2.45, 2.75) is 44.7 Å². The summed E-state index contributed by atoms with van der Waals surface area (Å²) >= 11 is 0. The first-order valence-electron chi connectivity index (χ1n) is 7.45. The highest BCUT2D eigenvalue weighted by Crippen LogP contribution is 2.29. The van der Waals surface area contributed by atoms with E-state index in [4.69, 9.17) is 10.5 Å². The van der Waals surface area contributed by atoms with Crippen LogP contribution in [0.1, 0.15) is 44.2 Å². The molecule has 1 aliphatic rings. The number of nitrogens with two attached hydrogens (primary N) is 1. The van der Waals surface area contributed by atoms with Crippen LogP contribution in [0.15, 0.2) is 18.2 Å². The van der Waals surface area contributed by atoms with E-state index >= 15 is 0 Å². The second-order valence-electron chi connectivity index (χ2n) is 5.66. The lowest BCUT2D eigenvalue weighted by Crippen LogP contribution is -2.43. The lowest BCUT2D eigenvalue weighted by atomic mass is 9.84. The molecule has 1 aromatic carbocycles. The summed E-state index contributed by atoms with van der Waals surface area (Å²) in [5.41, 5.74) is 6.73. The SMILES string of the molecule is COc1ccc(F)cc1C(C)NC1CCCCC1CN. The van der Waals surface area contributed by atoms with Crippen molar-refractivity contribution in [3.8, 4) is 5.75 Å². The van der Waals surface area contributed by atoms with Gasteiger partial charge in [-0.2, -0.15) is 0 Å². The Morgan fingerprint density at radius 1 is 1.40 bits per heavy atom. The third-order valence-corrected chi connectivity index (χ3v) is 4.33. The Morgan fingerprint density at radius 3 is 2.85 bits per heavy atom. The van der Waals surface area contributed by atoms with E-state index in [0.717, 1.165) is 17.7 Å². The van der Waals surface area contributed by atoms with E-state index in [9.17, 15) is 4.39 Å². The van der Waals surface area contributed by atoms with E-state index in [2.05, 4.69) is 12.2 Å². The van der Waals surface area contributed by atoms with Crippen molar-refractivity contribution < 1.29 is 9.13 Å². The number of hydrogen-bond donors (Lipinski definition) is 2. The van der Waals surface area contributed by atoms with Crippen LogP contribution in [0.25, 0.3) is 0 Å². The molecule has 112 valence electrons. The van der Waals surface area contributed by atoms with Crippen LogP contribution >= 0.6 is 0 Å². The minimum Gasteiger partial charge on any atom is -0.496 e. The van der Waals surface area contributed by atoms with Crippen LogP contribution in [0.4, 0.5) is 4.39 Å².